The molecule has 2 rings (SSSR count). The monoisotopic (exact) mass is 393 g/mol. The van der Waals surface area contributed by atoms with E-state index < -0.39 is 25.6 Å². The van der Waals surface area contributed by atoms with Crippen molar-refractivity contribution < 1.29 is 89.8 Å². The van der Waals surface area contributed by atoms with E-state index in [1.807, 2.05) is 0 Å². The van der Waals surface area contributed by atoms with Gasteiger partial charge in [-0.15, -0.1) is 18.0 Å². The van der Waals surface area contributed by atoms with Crippen molar-refractivity contribution in [2.45, 2.75) is 19.2 Å². The molecule has 0 radical (unpaired) electrons. The van der Waals surface area contributed by atoms with Crippen molar-refractivity contribution in [3.63, 3.8) is 0 Å². The number of nitrogens with two attached hydrogens (primary N) is 1. The fourth-order valence-corrected chi connectivity index (χ4v) is 2.48. The van der Waals surface area contributed by atoms with Crippen LogP contribution in [0, 0.1) is 13.0 Å². The maximum absolute atomic E-state index is 11.0. The van der Waals surface area contributed by atoms with Gasteiger partial charge in [-0.05, 0) is 6.92 Å². The fraction of sp³-hybridized carbons (Fsp3) is 0.167. The van der Waals surface area contributed by atoms with Crippen molar-refractivity contribution in [1.82, 2.24) is 0 Å². The molecule has 122 valence electrons. The summed E-state index contributed by atoms with van der Waals surface area (Å²) in [5.74, 6) is -0.288. The SMILES string of the molecule is C.Cc1c(S(=O)(=O)[O-])cc2c[c-]cc(N)c2c1O.O=S(=O)=O.[Na+].[Na+]. The Labute approximate surface area is 185 Å². The van der Waals surface area contributed by atoms with Crippen molar-refractivity contribution >= 4 is 37.2 Å². The molecule has 0 saturated carbocycles. The second-order valence-electron chi connectivity index (χ2n) is 3.88. The molecule has 8 nitrogen and oxygen atoms in total. The quantitative estimate of drug-likeness (QED) is 0.211. The zero-order chi connectivity index (χ0) is 16.4. The molecule has 0 spiro atoms. The van der Waals surface area contributed by atoms with Gasteiger partial charge in [-0.1, -0.05) is 24.6 Å². The van der Waals surface area contributed by atoms with Crippen LogP contribution in [0.2, 0.25) is 0 Å². The van der Waals surface area contributed by atoms with Crippen LogP contribution in [0.3, 0.4) is 0 Å². The number of fused-ring (bicyclic) bond motifs is 1. The number of benzene rings is 2. The largest absolute Gasteiger partial charge is 1.00 e. The summed E-state index contributed by atoms with van der Waals surface area (Å²) >= 11 is 0. The third-order valence-electron chi connectivity index (χ3n) is 2.57. The Hall–Kier alpha value is -0.170. The molecule has 0 aliphatic rings. The molecule has 2 aromatic carbocycles. The fourth-order valence-electron chi connectivity index (χ4n) is 1.73. The molecule has 0 amide bonds. The topological polar surface area (TPSA) is 155 Å². The van der Waals surface area contributed by atoms with E-state index in [1.54, 1.807) is 0 Å². The number of rotatable bonds is 1. The van der Waals surface area contributed by atoms with Crippen LogP contribution in [0.4, 0.5) is 5.69 Å². The first-order valence-corrected chi connectivity index (χ1v) is 7.61. The summed E-state index contributed by atoms with van der Waals surface area (Å²) in [6.07, 6.45) is 0. The molecule has 0 aliphatic carbocycles. The molecule has 0 atom stereocenters. The average Bonchev–Trinajstić information content (AvgIpc) is 2.31. The van der Waals surface area contributed by atoms with Crippen LogP contribution in [-0.2, 0) is 20.7 Å². The van der Waals surface area contributed by atoms with E-state index in [9.17, 15) is 18.1 Å². The van der Waals surface area contributed by atoms with Crippen molar-refractivity contribution in [2.75, 3.05) is 5.73 Å². The summed E-state index contributed by atoms with van der Waals surface area (Å²) in [5.41, 5.74) is 5.95. The van der Waals surface area contributed by atoms with Gasteiger partial charge in [0, 0.05) is 10.5 Å². The standard InChI is InChI=1S/C11H10NO4S.CH4.2Na.O3S/c1-6-9(17(14,15)16)5-7-3-2-4-8(12)10(7)11(6)13;;;;1-4(2)3/h3-5,13H,12H2,1H3,(H,14,15,16);1H4;;;/q-1;;2*+1;/p-1. The first-order valence-electron chi connectivity index (χ1n) is 5.20. The summed E-state index contributed by atoms with van der Waals surface area (Å²) in [6.45, 7) is 1.36. The van der Waals surface area contributed by atoms with E-state index in [0.717, 1.165) is 0 Å². The third kappa shape index (κ3) is 7.38. The van der Waals surface area contributed by atoms with Gasteiger partial charge < -0.3 is 15.4 Å². The van der Waals surface area contributed by atoms with Crippen LogP contribution in [0.5, 0.6) is 5.75 Å². The molecule has 0 saturated heterocycles. The van der Waals surface area contributed by atoms with Gasteiger partial charge in [-0.25, -0.2) is 8.42 Å². The van der Waals surface area contributed by atoms with Crippen LogP contribution in [-0.4, -0.2) is 30.7 Å². The summed E-state index contributed by atoms with van der Waals surface area (Å²) < 4.78 is 58.4. The van der Waals surface area contributed by atoms with Crippen LogP contribution in [0.15, 0.2) is 23.1 Å². The number of phenols is 1. The molecule has 0 bridgehead atoms. The molecule has 0 aromatic heterocycles. The summed E-state index contributed by atoms with van der Waals surface area (Å²) in [6, 6.07) is 6.81. The summed E-state index contributed by atoms with van der Waals surface area (Å²) in [5, 5.41) is 10.6. The molecule has 12 heteroatoms. The molecular formula is C12H13NNa2O7S2. The Kier molecular flexibility index (Phi) is 13.7. The third-order valence-corrected chi connectivity index (χ3v) is 3.54. The molecule has 0 heterocycles. The normalized spacial score (nSPS) is 9.42. The molecule has 0 fully saturated rings. The number of aromatic hydroxyl groups is 1. The predicted molar refractivity (Wildman–Crippen MR) is 78.0 cm³/mol. The molecule has 0 aliphatic heterocycles. The van der Waals surface area contributed by atoms with Gasteiger partial charge in [0.1, 0.15) is 15.9 Å². The maximum Gasteiger partial charge on any atom is 1.00 e. The van der Waals surface area contributed by atoms with Crippen LogP contribution in [0.25, 0.3) is 10.8 Å². The first kappa shape index (κ1) is 28.6. The summed E-state index contributed by atoms with van der Waals surface area (Å²) in [4.78, 5) is -0.443. The van der Waals surface area contributed by atoms with Gasteiger partial charge in [0.05, 0.1) is 0 Å². The molecular weight excluding hydrogens is 380 g/mol. The van der Waals surface area contributed by atoms with Gasteiger partial charge in [-0.3, -0.25) is 0 Å². The zero-order valence-corrected chi connectivity index (χ0v) is 18.2. The second kappa shape index (κ2) is 11.4. The predicted octanol–water partition coefficient (Wildman–Crippen LogP) is -5.22. The molecule has 24 heavy (non-hydrogen) atoms. The van der Waals surface area contributed by atoms with Crippen molar-refractivity contribution in [3.8, 4) is 5.75 Å². The minimum atomic E-state index is -4.63. The van der Waals surface area contributed by atoms with E-state index in [-0.39, 0.29) is 83.5 Å². The average molecular weight is 393 g/mol. The maximum atomic E-state index is 11.0. The Morgan fingerprint density at radius 3 is 2.08 bits per heavy atom. The Balaban J connectivity index is -0.000000571. The smallest absolute Gasteiger partial charge is 0.744 e. The summed E-state index contributed by atoms with van der Waals surface area (Å²) in [7, 11) is -7.74. The van der Waals surface area contributed by atoms with E-state index in [2.05, 4.69) is 6.07 Å². The van der Waals surface area contributed by atoms with E-state index in [4.69, 9.17) is 18.4 Å². The number of hydrogen-bond donors (Lipinski definition) is 2. The number of hydrogen-bond acceptors (Lipinski definition) is 8. The zero-order valence-electron chi connectivity index (χ0n) is 12.5. The van der Waals surface area contributed by atoms with Gasteiger partial charge >= 0.3 is 69.7 Å². The van der Waals surface area contributed by atoms with Gasteiger partial charge in [-0.2, -0.15) is 18.2 Å². The first-order chi connectivity index (χ1) is 9.55. The van der Waals surface area contributed by atoms with E-state index in [0.29, 0.717) is 10.8 Å². The molecule has 2 aromatic rings. The van der Waals surface area contributed by atoms with Crippen LogP contribution >= 0.6 is 0 Å². The Morgan fingerprint density at radius 1 is 1.21 bits per heavy atom. The minimum Gasteiger partial charge on any atom is -0.744 e. The molecule has 3 N–H and O–H groups in total. The van der Waals surface area contributed by atoms with Crippen LogP contribution in [0.1, 0.15) is 13.0 Å². The Morgan fingerprint density at radius 2 is 1.67 bits per heavy atom. The van der Waals surface area contributed by atoms with E-state index >= 15 is 0 Å². The van der Waals surface area contributed by atoms with E-state index in [1.165, 1.54) is 25.1 Å². The number of nitrogen functional groups attached to an aromatic ring is 1. The Bertz CT molecular complexity index is 906. The van der Waals surface area contributed by atoms with Gasteiger partial charge in [0.15, 0.2) is 0 Å². The van der Waals surface area contributed by atoms with Gasteiger partial charge in [0.2, 0.25) is 0 Å². The minimum absolute atomic E-state index is 0. The molecule has 0 unspecified atom stereocenters. The number of anilines is 1. The van der Waals surface area contributed by atoms with Crippen molar-refractivity contribution in [1.29, 1.82) is 0 Å². The van der Waals surface area contributed by atoms with Crippen LogP contribution < -0.4 is 64.8 Å². The second-order valence-corrected chi connectivity index (χ2v) is 5.64. The van der Waals surface area contributed by atoms with Crippen molar-refractivity contribution in [2.24, 2.45) is 0 Å². The van der Waals surface area contributed by atoms with Crippen molar-refractivity contribution in [3.05, 3.63) is 29.8 Å². The number of phenolic OH excluding ortho intramolecular Hbond substituents is 1. The van der Waals surface area contributed by atoms with Gasteiger partial charge in [0.25, 0.3) is 0 Å².